The number of pyridine rings is 1. The molecule has 0 amide bonds. The first-order valence-corrected chi connectivity index (χ1v) is 6.66. The number of nitrogens with zero attached hydrogens (tertiary/aromatic N) is 2. The minimum absolute atomic E-state index is 0.370. The van der Waals surface area contributed by atoms with Gasteiger partial charge in [0.25, 0.3) is 0 Å². The van der Waals surface area contributed by atoms with Gasteiger partial charge in [-0.25, -0.2) is 4.98 Å². The monoisotopic (exact) mass is 246 g/mol. The summed E-state index contributed by atoms with van der Waals surface area (Å²) < 4.78 is 0. The second-order valence-electron chi connectivity index (χ2n) is 4.43. The summed E-state index contributed by atoms with van der Waals surface area (Å²) >= 11 is 1.71. The molecule has 0 saturated heterocycles. The van der Waals surface area contributed by atoms with Crippen molar-refractivity contribution in [1.82, 2.24) is 9.97 Å². The van der Waals surface area contributed by atoms with E-state index in [9.17, 15) is 5.11 Å². The molecule has 0 saturated carbocycles. The molecule has 1 unspecified atom stereocenters. The van der Waals surface area contributed by atoms with E-state index < -0.39 is 0 Å². The molecule has 0 spiro atoms. The van der Waals surface area contributed by atoms with E-state index in [0.717, 1.165) is 41.1 Å². The summed E-state index contributed by atoms with van der Waals surface area (Å²) in [6.07, 6.45) is 6.22. The Hall–Kier alpha value is -1.26. The van der Waals surface area contributed by atoms with Gasteiger partial charge in [0.1, 0.15) is 5.01 Å². The molecule has 2 aromatic heterocycles. The quantitative estimate of drug-likeness (QED) is 0.841. The molecule has 88 valence electrons. The first-order valence-electron chi connectivity index (χ1n) is 5.84. The number of hydrogen-bond acceptors (Lipinski definition) is 4. The largest absolute Gasteiger partial charge is 0.387 e. The van der Waals surface area contributed by atoms with Crippen molar-refractivity contribution < 1.29 is 5.11 Å². The topological polar surface area (TPSA) is 46.0 Å². The van der Waals surface area contributed by atoms with E-state index in [4.69, 9.17) is 0 Å². The Kier molecular flexibility index (Phi) is 2.68. The highest BCUT2D eigenvalue weighted by Gasteiger charge is 2.23. The highest BCUT2D eigenvalue weighted by atomic mass is 32.1. The predicted molar refractivity (Wildman–Crippen MR) is 68.0 cm³/mol. The third-order valence-electron chi connectivity index (χ3n) is 3.18. The van der Waals surface area contributed by atoms with Crippen LogP contribution in [0.1, 0.15) is 35.1 Å². The van der Waals surface area contributed by atoms with Crippen LogP contribution >= 0.6 is 11.3 Å². The van der Waals surface area contributed by atoms with Crippen LogP contribution < -0.4 is 0 Å². The molecule has 3 nitrogen and oxygen atoms in total. The number of aliphatic hydroxyl groups is 1. The molecule has 0 aliphatic heterocycles. The van der Waals surface area contributed by atoms with Gasteiger partial charge in [-0.2, -0.15) is 0 Å². The van der Waals surface area contributed by atoms with Crippen molar-refractivity contribution in [2.24, 2.45) is 0 Å². The molecule has 0 radical (unpaired) electrons. The van der Waals surface area contributed by atoms with Gasteiger partial charge in [-0.3, -0.25) is 4.98 Å². The fraction of sp³-hybridized carbons (Fsp3) is 0.385. The Morgan fingerprint density at radius 1 is 1.47 bits per heavy atom. The Labute approximate surface area is 104 Å². The number of rotatable bonds is 1. The molecule has 1 N–H and O–H groups in total. The van der Waals surface area contributed by atoms with E-state index >= 15 is 0 Å². The summed E-state index contributed by atoms with van der Waals surface area (Å²) in [5.74, 6) is 0. The predicted octanol–water partition coefficient (Wildman–Crippen LogP) is 2.88. The van der Waals surface area contributed by atoms with Gasteiger partial charge < -0.3 is 5.11 Å². The number of fused-ring (bicyclic) bond motifs is 1. The van der Waals surface area contributed by atoms with Crippen LogP contribution in [0.25, 0.3) is 10.6 Å². The van der Waals surface area contributed by atoms with Gasteiger partial charge in [0, 0.05) is 22.8 Å². The molecule has 0 aromatic carbocycles. The Morgan fingerprint density at radius 2 is 2.35 bits per heavy atom. The first kappa shape index (κ1) is 10.9. The second-order valence-corrected chi connectivity index (χ2v) is 5.51. The third-order valence-corrected chi connectivity index (χ3v) is 4.34. The minimum Gasteiger partial charge on any atom is -0.387 e. The highest BCUT2D eigenvalue weighted by molar-refractivity contribution is 7.15. The van der Waals surface area contributed by atoms with Crippen LogP contribution in [-0.4, -0.2) is 15.1 Å². The molecule has 1 atom stereocenters. The fourth-order valence-corrected chi connectivity index (χ4v) is 3.47. The summed E-state index contributed by atoms with van der Waals surface area (Å²) in [6.45, 7) is 2.04. The van der Waals surface area contributed by atoms with Crippen LogP contribution in [0, 0.1) is 6.92 Å². The zero-order valence-corrected chi connectivity index (χ0v) is 10.5. The summed E-state index contributed by atoms with van der Waals surface area (Å²) in [5, 5.41) is 10.9. The fourth-order valence-electron chi connectivity index (χ4n) is 2.22. The molecule has 1 aliphatic carbocycles. The maximum Gasteiger partial charge on any atom is 0.124 e. The van der Waals surface area contributed by atoms with Gasteiger partial charge >= 0.3 is 0 Å². The Bertz CT molecular complexity index is 550. The van der Waals surface area contributed by atoms with Crippen LogP contribution in [0.15, 0.2) is 18.5 Å². The average Bonchev–Trinajstić information content (AvgIpc) is 2.75. The molecular formula is C13H14N2OS. The van der Waals surface area contributed by atoms with Crippen molar-refractivity contribution in [3.05, 3.63) is 34.6 Å². The van der Waals surface area contributed by atoms with Crippen molar-refractivity contribution in [1.29, 1.82) is 0 Å². The van der Waals surface area contributed by atoms with Gasteiger partial charge in [-0.05, 0) is 37.8 Å². The van der Waals surface area contributed by atoms with E-state index in [2.05, 4.69) is 9.97 Å². The number of aromatic nitrogens is 2. The van der Waals surface area contributed by atoms with E-state index in [1.807, 2.05) is 19.2 Å². The van der Waals surface area contributed by atoms with Crippen molar-refractivity contribution in [3.8, 4) is 10.6 Å². The molecule has 0 bridgehead atoms. The SMILES string of the molecule is Cc1cnccc1-c1nc2c(s1)CCCC2O. The number of thiazole rings is 1. The van der Waals surface area contributed by atoms with E-state index in [-0.39, 0.29) is 6.10 Å². The van der Waals surface area contributed by atoms with Crippen LogP contribution in [0.2, 0.25) is 0 Å². The Balaban J connectivity index is 2.08. The molecule has 3 rings (SSSR count). The van der Waals surface area contributed by atoms with Crippen LogP contribution in [0.3, 0.4) is 0 Å². The standard InChI is InChI=1S/C13H14N2OS/c1-8-7-14-6-5-9(8)13-15-12-10(16)3-2-4-11(12)17-13/h5-7,10,16H,2-4H2,1H3. The molecule has 2 heterocycles. The summed E-state index contributed by atoms with van der Waals surface area (Å²) in [7, 11) is 0. The van der Waals surface area contributed by atoms with Crippen LogP contribution in [-0.2, 0) is 6.42 Å². The molecule has 0 fully saturated rings. The lowest BCUT2D eigenvalue weighted by atomic mass is 10.0. The molecule has 17 heavy (non-hydrogen) atoms. The zero-order chi connectivity index (χ0) is 11.8. The highest BCUT2D eigenvalue weighted by Crippen LogP contribution is 2.37. The maximum atomic E-state index is 9.92. The van der Waals surface area contributed by atoms with E-state index in [0.29, 0.717) is 0 Å². The van der Waals surface area contributed by atoms with Crippen molar-refractivity contribution in [3.63, 3.8) is 0 Å². The smallest absolute Gasteiger partial charge is 0.124 e. The molecule has 1 aliphatic rings. The lowest BCUT2D eigenvalue weighted by Crippen LogP contribution is -2.07. The van der Waals surface area contributed by atoms with Crippen molar-refractivity contribution in [2.45, 2.75) is 32.3 Å². The average molecular weight is 246 g/mol. The van der Waals surface area contributed by atoms with Crippen LogP contribution in [0.4, 0.5) is 0 Å². The number of aryl methyl sites for hydroxylation is 2. The molecule has 2 aromatic rings. The van der Waals surface area contributed by atoms with Gasteiger partial charge in [0.15, 0.2) is 0 Å². The normalized spacial score (nSPS) is 19.1. The summed E-state index contributed by atoms with van der Waals surface area (Å²) in [4.78, 5) is 9.94. The molecular weight excluding hydrogens is 232 g/mol. The summed E-state index contributed by atoms with van der Waals surface area (Å²) in [6, 6.07) is 1.99. The number of aliphatic hydroxyl groups excluding tert-OH is 1. The Morgan fingerprint density at radius 3 is 3.12 bits per heavy atom. The minimum atomic E-state index is -0.370. The van der Waals surface area contributed by atoms with Gasteiger partial charge in [-0.15, -0.1) is 11.3 Å². The first-order chi connectivity index (χ1) is 8.25. The lowest BCUT2D eigenvalue weighted by molar-refractivity contribution is 0.153. The maximum absolute atomic E-state index is 9.92. The number of hydrogen-bond donors (Lipinski definition) is 1. The zero-order valence-electron chi connectivity index (χ0n) is 9.68. The van der Waals surface area contributed by atoms with Crippen molar-refractivity contribution in [2.75, 3.05) is 0 Å². The molecule has 4 heteroatoms. The lowest BCUT2D eigenvalue weighted by Gasteiger charge is -2.14. The van der Waals surface area contributed by atoms with Crippen LogP contribution in [0.5, 0.6) is 0 Å². The summed E-state index contributed by atoms with van der Waals surface area (Å²) in [5.41, 5.74) is 3.16. The van der Waals surface area contributed by atoms with Gasteiger partial charge in [0.2, 0.25) is 0 Å². The van der Waals surface area contributed by atoms with Gasteiger partial charge in [0.05, 0.1) is 11.8 Å². The second kappa shape index (κ2) is 4.20. The third kappa shape index (κ3) is 1.87. The van der Waals surface area contributed by atoms with E-state index in [1.54, 1.807) is 17.5 Å². The van der Waals surface area contributed by atoms with Crippen molar-refractivity contribution >= 4 is 11.3 Å². The van der Waals surface area contributed by atoms with Gasteiger partial charge in [-0.1, -0.05) is 0 Å². The van der Waals surface area contributed by atoms with E-state index in [1.165, 1.54) is 4.88 Å².